The van der Waals surface area contributed by atoms with Gasteiger partial charge in [-0.3, -0.25) is 14.5 Å². The molecule has 2 amide bonds. The molecule has 2 heterocycles. The van der Waals surface area contributed by atoms with Crippen LogP contribution in [-0.2, 0) is 9.59 Å². The number of benzene rings is 2. The van der Waals surface area contributed by atoms with Crippen LogP contribution in [-0.4, -0.2) is 28.5 Å². The second kappa shape index (κ2) is 8.41. The van der Waals surface area contributed by atoms with E-state index in [2.05, 4.69) is 5.10 Å². The van der Waals surface area contributed by atoms with Gasteiger partial charge in [-0.1, -0.05) is 42.2 Å². The minimum Gasteiger partial charge on any atom is -0.494 e. The maximum atomic E-state index is 13.0. The number of thiocarbonyl (C=S) groups is 1. The number of ether oxygens (including phenoxy) is 1. The molecule has 2 aromatic carbocycles. The van der Waals surface area contributed by atoms with E-state index in [4.69, 9.17) is 17.0 Å². The van der Waals surface area contributed by atoms with Gasteiger partial charge in [0.1, 0.15) is 5.75 Å². The first-order valence-corrected chi connectivity index (χ1v) is 10.7. The highest BCUT2D eigenvalue weighted by molar-refractivity contribution is 8.27. The molecule has 0 aromatic heterocycles. The maximum absolute atomic E-state index is 13.0. The lowest BCUT2D eigenvalue weighted by Gasteiger charge is -2.15. The Hall–Kier alpha value is -2.97. The second-order valence-electron chi connectivity index (χ2n) is 6.67. The zero-order chi connectivity index (χ0) is 21.3. The van der Waals surface area contributed by atoms with Crippen molar-refractivity contribution >= 4 is 57.2 Å². The quantitative estimate of drug-likeness (QED) is 0.513. The van der Waals surface area contributed by atoms with E-state index in [9.17, 15) is 9.59 Å². The van der Waals surface area contributed by atoms with Gasteiger partial charge in [-0.25, -0.2) is 0 Å². The number of hydrogen-bond donors (Lipinski definition) is 0. The smallest absolute Gasteiger partial charge is 0.270 e. The Morgan fingerprint density at radius 1 is 1.10 bits per heavy atom. The van der Waals surface area contributed by atoms with Crippen LogP contribution in [0.5, 0.6) is 5.75 Å². The summed E-state index contributed by atoms with van der Waals surface area (Å²) in [6.45, 7) is 4.27. The van der Waals surface area contributed by atoms with Gasteiger partial charge in [-0.2, -0.15) is 10.1 Å². The molecule has 0 radical (unpaired) electrons. The Balaban J connectivity index is 1.56. The number of anilines is 2. The molecule has 0 saturated carbocycles. The predicted octanol–water partition coefficient (Wildman–Crippen LogP) is 4.37. The molecule has 30 heavy (non-hydrogen) atoms. The van der Waals surface area contributed by atoms with E-state index in [0.717, 1.165) is 5.75 Å². The van der Waals surface area contributed by atoms with Gasteiger partial charge < -0.3 is 4.74 Å². The Morgan fingerprint density at radius 2 is 1.80 bits per heavy atom. The minimum atomic E-state index is -0.597. The number of rotatable bonds is 5. The van der Waals surface area contributed by atoms with Crippen molar-refractivity contribution in [3.8, 4) is 5.75 Å². The first kappa shape index (κ1) is 20.3. The molecule has 152 valence electrons. The zero-order valence-corrected chi connectivity index (χ0v) is 18.1. The molecule has 1 saturated heterocycles. The van der Waals surface area contributed by atoms with Crippen molar-refractivity contribution in [1.29, 1.82) is 0 Å². The molecule has 2 aliphatic rings. The minimum absolute atomic E-state index is 0.190. The van der Waals surface area contributed by atoms with Crippen molar-refractivity contribution in [3.63, 3.8) is 0 Å². The van der Waals surface area contributed by atoms with Crippen LogP contribution in [0.4, 0.5) is 11.4 Å². The standard InChI is InChI=1S/C22H19N3O3S2/c1-3-28-17-11-9-15(10-12-17)24-21(27)19(30-22(24)29)13-18-14(2)23-25(20(18)26)16-7-5-4-6-8-16/h4-13,18H,3H2,1-2H3/b19-13-. The summed E-state index contributed by atoms with van der Waals surface area (Å²) in [4.78, 5) is 27.9. The fourth-order valence-corrected chi connectivity index (χ4v) is 4.55. The third-order valence-corrected chi connectivity index (χ3v) is 6.02. The van der Waals surface area contributed by atoms with Gasteiger partial charge in [0, 0.05) is 0 Å². The van der Waals surface area contributed by atoms with Crippen LogP contribution in [0.3, 0.4) is 0 Å². The van der Waals surface area contributed by atoms with Gasteiger partial charge in [0.15, 0.2) is 4.32 Å². The fraction of sp³-hybridized carbons (Fsp3) is 0.182. The number of hydrogen-bond acceptors (Lipinski definition) is 6. The van der Waals surface area contributed by atoms with Gasteiger partial charge in [0.25, 0.3) is 11.8 Å². The average molecular weight is 438 g/mol. The summed E-state index contributed by atoms with van der Waals surface area (Å²) < 4.78 is 5.88. The van der Waals surface area contributed by atoms with Crippen molar-refractivity contribution < 1.29 is 14.3 Å². The zero-order valence-electron chi connectivity index (χ0n) is 16.4. The molecule has 1 unspecified atom stereocenters. The van der Waals surface area contributed by atoms with Crippen LogP contribution in [0.2, 0.25) is 0 Å². The lowest BCUT2D eigenvalue weighted by atomic mass is 10.0. The summed E-state index contributed by atoms with van der Waals surface area (Å²) in [7, 11) is 0. The van der Waals surface area contributed by atoms with E-state index in [1.165, 1.54) is 21.7 Å². The predicted molar refractivity (Wildman–Crippen MR) is 124 cm³/mol. The highest BCUT2D eigenvalue weighted by atomic mass is 32.2. The Labute approximate surface area is 184 Å². The summed E-state index contributed by atoms with van der Waals surface area (Å²) in [5.74, 6) is -0.302. The van der Waals surface area contributed by atoms with Crippen LogP contribution >= 0.6 is 24.0 Å². The van der Waals surface area contributed by atoms with Crippen LogP contribution < -0.4 is 14.6 Å². The number of hydrazone groups is 1. The Bertz CT molecular complexity index is 1060. The van der Waals surface area contributed by atoms with Crippen molar-refractivity contribution in [1.82, 2.24) is 0 Å². The summed E-state index contributed by atoms with van der Waals surface area (Å²) in [6.07, 6.45) is 1.66. The van der Waals surface area contributed by atoms with Crippen LogP contribution in [0, 0.1) is 5.92 Å². The summed E-state index contributed by atoms with van der Waals surface area (Å²) >= 11 is 6.62. The Morgan fingerprint density at radius 3 is 2.47 bits per heavy atom. The van der Waals surface area contributed by atoms with Crippen LogP contribution in [0.25, 0.3) is 0 Å². The van der Waals surface area contributed by atoms with Crippen molar-refractivity contribution in [2.45, 2.75) is 13.8 Å². The first-order chi connectivity index (χ1) is 14.5. The maximum Gasteiger partial charge on any atom is 0.270 e. The molecule has 6 nitrogen and oxygen atoms in total. The molecule has 1 fully saturated rings. The number of thioether (sulfide) groups is 1. The van der Waals surface area contributed by atoms with E-state index in [1.807, 2.05) is 37.3 Å². The number of carbonyl (C=O) groups is 2. The molecule has 2 aliphatic heterocycles. The van der Waals surface area contributed by atoms with Crippen molar-refractivity contribution in [3.05, 3.63) is 65.6 Å². The molecule has 0 aliphatic carbocycles. The van der Waals surface area contributed by atoms with Gasteiger partial charge in [0.2, 0.25) is 0 Å². The molecule has 4 rings (SSSR count). The van der Waals surface area contributed by atoms with Gasteiger partial charge >= 0.3 is 0 Å². The van der Waals surface area contributed by atoms with E-state index in [1.54, 1.807) is 37.3 Å². The van der Waals surface area contributed by atoms with E-state index in [-0.39, 0.29) is 11.8 Å². The monoisotopic (exact) mass is 437 g/mol. The summed E-state index contributed by atoms with van der Waals surface area (Å²) in [5, 5.41) is 5.77. The van der Waals surface area contributed by atoms with E-state index in [0.29, 0.717) is 32.9 Å². The Kier molecular flexibility index (Phi) is 5.69. The second-order valence-corrected chi connectivity index (χ2v) is 8.35. The number of carbonyl (C=O) groups excluding carboxylic acids is 2. The normalized spacial score (nSPS) is 20.3. The largest absolute Gasteiger partial charge is 0.494 e. The lowest BCUT2D eigenvalue weighted by molar-refractivity contribution is -0.118. The molecule has 0 bridgehead atoms. The molecule has 1 atom stereocenters. The van der Waals surface area contributed by atoms with Gasteiger partial charge in [-0.05, 0) is 56.3 Å². The topological polar surface area (TPSA) is 62.2 Å². The molecule has 8 heteroatoms. The number of nitrogens with zero attached hydrogens (tertiary/aromatic N) is 3. The van der Waals surface area contributed by atoms with Crippen LogP contribution in [0.1, 0.15) is 13.8 Å². The molecular formula is C22H19N3O3S2. The highest BCUT2D eigenvalue weighted by Crippen LogP contribution is 2.37. The van der Waals surface area contributed by atoms with Crippen molar-refractivity contribution in [2.24, 2.45) is 11.0 Å². The van der Waals surface area contributed by atoms with Crippen molar-refractivity contribution in [2.75, 3.05) is 16.5 Å². The molecule has 0 N–H and O–H groups in total. The number of amides is 2. The molecule has 2 aromatic rings. The highest BCUT2D eigenvalue weighted by Gasteiger charge is 2.38. The molecule has 0 spiro atoms. The lowest BCUT2D eigenvalue weighted by Crippen LogP contribution is -2.28. The first-order valence-electron chi connectivity index (χ1n) is 9.44. The van der Waals surface area contributed by atoms with Gasteiger partial charge in [0.05, 0.1) is 34.5 Å². The van der Waals surface area contributed by atoms with Crippen LogP contribution in [0.15, 0.2) is 70.7 Å². The summed E-state index contributed by atoms with van der Waals surface area (Å²) in [5.41, 5.74) is 1.99. The number of para-hydroxylation sites is 1. The SMILES string of the molecule is CCOc1ccc(N2C(=O)/C(=C/C3C(=O)N(c4ccccc4)N=C3C)SC2=S)cc1. The van der Waals surface area contributed by atoms with E-state index >= 15 is 0 Å². The van der Waals surface area contributed by atoms with E-state index < -0.39 is 5.92 Å². The summed E-state index contributed by atoms with van der Waals surface area (Å²) in [6, 6.07) is 16.4. The third kappa shape index (κ3) is 3.76. The molecular weight excluding hydrogens is 418 g/mol. The fourth-order valence-electron chi connectivity index (χ4n) is 3.24. The average Bonchev–Trinajstić information content (AvgIpc) is 3.19. The van der Waals surface area contributed by atoms with Gasteiger partial charge in [-0.15, -0.1) is 0 Å². The third-order valence-electron chi connectivity index (χ3n) is 4.70.